The molecule has 0 unspecified atom stereocenters. The van der Waals surface area contributed by atoms with E-state index in [1.54, 1.807) is 4.68 Å². The van der Waals surface area contributed by atoms with Crippen molar-refractivity contribution in [3.63, 3.8) is 0 Å². The lowest BCUT2D eigenvalue weighted by Crippen LogP contribution is -2.03. The van der Waals surface area contributed by atoms with Crippen molar-refractivity contribution in [3.05, 3.63) is 52.3 Å². The van der Waals surface area contributed by atoms with Gasteiger partial charge in [-0.2, -0.15) is 5.10 Å². The molecule has 0 saturated carbocycles. The van der Waals surface area contributed by atoms with Gasteiger partial charge < -0.3 is 0 Å². The highest BCUT2D eigenvalue weighted by Crippen LogP contribution is 2.21. The summed E-state index contributed by atoms with van der Waals surface area (Å²) < 4.78 is 1.76. The first-order valence-corrected chi connectivity index (χ1v) is 7.74. The summed E-state index contributed by atoms with van der Waals surface area (Å²) >= 11 is 6.26. The third-order valence-electron chi connectivity index (χ3n) is 3.40. The van der Waals surface area contributed by atoms with Crippen LogP contribution in [-0.4, -0.2) is 16.1 Å². The molecule has 1 aromatic carbocycles. The van der Waals surface area contributed by atoms with Gasteiger partial charge in [-0.1, -0.05) is 55.8 Å². The first-order chi connectivity index (χ1) is 10.1. The summed E-state index contributed by atoms with van der Waals surface area (Å²) in [6.45, 7) is 4.94. The minimum Gasteiger partial charge on any atom is -0.298 e. The Kier molecular flexibility index (Phi) is 5.57. The van der Waals surface area contributed by atoms with Crippen molar-refractivity contribution in [2.75, 3.05) is 0 Å². The molecule has 0 bridgehead atoms. The van der Waals surface area contributed by atoms with Crippen LogP contribution in [0, 0.1) is 5.92 Å². The van der Waals surface area contributed by atoms with Crippen LogP contribution in [0.15, 0.2) is 30.3 Å². The number of carbonyl (C=O) groups excluding carboxylic acids is 1. The van der Waals surface area contributed by atoms with Gasteiger partial charge in [0.05, 0.1) is 11.3 Å². The summed E-state index contributed by atoms with van der Waals surface area (Å²) in [5.41, 5.74) is 2.66. The Bertz CT molecular complexity index is 590. The molecule has 0 amide bonds. The average molecular weight is 305 g/mol. The van der Waals surface area contributed by atoms with E-state index in [1.807, 2.05) is 18.2 Å². The lowest BCUT2D eigenvalue weighted by Gasteiger charge is -2.04. The summed E-state index contributed by atoms with van der Waals surface area (Å²) in [6.07, 6.45) is 3.53. The van der Waals surface area contributed by atoms with Crippen LogP contribution in [0.5, 0.6) is 0 Å². The highest BCUT2D eigenvalue weighted by molar-refractivity contribution is 6.32. The van der Waals surface area contributed by atoms with Gasteiger partial charge in [-0.3, -0.25) is 9.48 Å². The molecule has 0 N–H and O–H groups in total. The molecule has 0 aliphatic rings. The SMILES string of the molecule is CC(C)Cc1nn(CCCc2ccccc2)c(Cl)c1C=O. The first kappa shape index (κ1) is 15.8. The minimum absolute atomic E-state index is 0.451. The van der Waals surface area contributed by atoms with Crippen LogP contribution in [0.1, 0.15) is 41.9 Å². The zero-order valence-corrected chi connectivity index (χ0v) is 13.3. The minimum atomic E-state index is 0.451. The molecular weight excluding hydrogens is 284 g/mol. The summed E-state index contributed by atoms with van der Waals surface area (Å²) in [5.74, 6) is 0.451. The fraction of sp³-hybridized carbons (Fsp3) is 0.412. The van der Waals surface area contributed by atoms with E-state index >= 15 is 0 Å². The number of aldehydes is 1. The number of rotatable bonds is 7. The van der Waals surface area contributed by atoms with E-state index in [9.17, 15) is 4.79 Å². The summed E-state index contributed by atoms with van der Waals surface area (Å²) in [7, 11) is 0. The average Bonchev–Trinajstić information content (AvgIpc) is 2.75. The molecule has 1 aromatic heterocycles. The first-order valence-electron chi connectivity index (χ1n) is 7.36. The van der Waals surface area contributed by atoms with Crippen LogP contribution < -0.4 is 0 Å². The molecule has 0 aliphatic heterocycles. The Morgan fingerprint density at radius 2 is 2.00 bits per heavy atom. The Balaban J connectivity index is 2.03. The van der Waals surface area contributed by atoms with Crippen molar-refractivity contribution < 1.29 is 4.79 Å². The van der Waals surface area contributed by atoms with Crippen LogP contribution >= 0.6 is 11.6 Å². The second-order valence-corrected chi connectivity index (χ2v) is 6.04. The summed E-state index contributed by atoms with van der Waals surface area (Å²) in [6, 6.07) is 10.3. The molecular formula is C17H21ClN2O. The molecule has 3 nitrogen and oxygen atoms in total. The number of aromatic nitrogens is 2. The maximum Gasteiger partial charge on any atom is 0.155 e. The van der Waals surface area contributed by atoms with E-state index in [-0.39, 0.29) is 0 Å². The highest BCUT2D eigenvalue weighted by Gasteiger charge is 2.16. The molecule has 0 spiro atoms. The van der Waals surface area contributed by atoms with Gasteiger partial charge in [0.15, 0.2) is 6.29 Å². The Morgan fingerprint density at radius 3 is 2.62 bits per heavy atom. The molecule has 112 valence electrons. The number of hydrogen-bond donors (Lipinski definition) is 0. The molecule has 2 aromatic rings. The highest BCUT2D eigenvalue weighted by atomic mass is 35.5. The van der Waals surface area contributed by atoms with Crippen LogP contribution in [0.2, 0.25) is 5.15 Å². The zero-order chi connectivity index (χ0) is 15.2. The monoisotopic (exact) mass is 304 g/mol. The normalized spacial score (nSPS) is 11.0. The van der Waals surface area contributed by atoms with Crippen molar-refractivity contribution in [1.29, 1.82) is 0 Å². The topological polar surface area (TPSA) is 34.9 Å². The van der Waals surface area contributed by atoms with Crippen LogP contribution in [-0.2, 0) is 19.4 Å². The van der Waals surface area contributed by atoms with E-state index in [0.717, 1.165) is 37.8 Å². The third-order valence-corrected chi connectivity index (χ3v) is 3.80. The standard InChI is InChI=1S/C17H21ClN2O/c1-13(2)11-16-15(12-21)17(18)20(19-16)10-6-9-14-7-4-3-5-8-14/h3-5,7-8,12-13H,6,9-11H2,1-2H3. The number of hydrogen-bond acceptors (Lipinski definition) is 2. The molecule has 0 fully saturated rings. The Morgan fingerprint density at radius 1 is 1.29 bits per heavy atom. The van der Waals surface area contributed by atoms with Crippen molar-refractivity contribution in [1.82, 2.24) is 9.78 Å². The molecule has 2 rings (SSSR count). The Hall–Kier alpha value is -1.61. The van der Waals surface area contributed by atoms with Gasteiger partial charge in [0.2, 0.25) is 0 Å². The summed E-state index contributed by atoms with van der Waals surface area (Å²) in [4.78, 5) is 11.2. The number of nitrogens with zero attached hydrogens (tertiary/aromatic N) is 2. The van der Waals surface area contributed by atoms with E-state index in [2.05, 4.69) is 31.1 Å². The van der Waals surface area contributed by atoms with Crippen LogP contribution in [0.3, 0.4) is 0 Å². The van der Waals surface area contributed by atoms with Gasteiger partial charge in [-0.15, -0.1) is 0 Å². The predicted molar refractivity (Wildman–Crippen MR) is 85.9 cm³/mol. The number of benzene rings is 1. The Labute approximate surface area is 130 Å². The molecule has 1 heterocycles. The smallest absolute Gasteiger partial charge is 0.155 e. The quantitative estimate of drug-likeness (QED) is 0.719. The third kappa shape index (κ3) is 4.18. The second-order valence-electron chi connectivity index (χ2n) is 5.68. The van der Waals surface area contributed by atoms with Crippen LogP contribution in [0.4, 0.5) is 0 Å². The van der Waals surface area contributed by atoms with Gasteiger partial charge in [0.1, 0.15) is 5.15 Å². The van der Waals surface area contributed by atoms with Crippen molar-refractivity contribution in [2.24, 2.45) is 5.92 Å². The predicted octanol–water partition coefficient (Wildman–Crippen LogP) is 4.18. The van der Waals surface area contributed by atoms with Gasteiger partial charge >= 0.3 is 0 Å². The maximum atomic E-state index is 11.2. The lowest BCUT2D eigenvalue weighted by atomic mass is 10.1. The maximum absolute atomic E-state index is 11.2. The van der Waals surface area contributed by atoms with E-state index < -0.39 is 0 Å². The molecule has 0 saturated heterocycles. The van der Waals surface area contributed by atoms with Crippen LogP contribution in [0.25, 0.3) is 0 Å². The molecule has 21 heavy (non-hydrogen) atoms. The largest absolute Gasteiger partial charge is 0.298 e. The van der Waals surface area contributed by atoms with Gasteiger partial charge in [0.25, 0.3) is 0 Å². The molecule has 0 radical (unpaired) electrons. The van der Waals surface area contributed by atoms with Gasteiger partial charge in [-0.05, 0) is 30.7 Å². The zero-order valence-electron chi connectivity index (χ0n) is 12.6. The second kappa shape index (κ2) is 7.41. The molecule has 0 atom stereocenters. The van der Waals surface area contributed by atoms with Gasteiger partial charge in [0, 0.05) is 6.54 Å². The number of halogens is 1. The lowest BCUT2D eigenvalue weighted by molar-refractivity contribution is 0.112. The van der Waals surface area contributed by atoms with E-state index in [0.29, 0.717) is 16.6 Å². The number of carbonyl (C=O) groups is 1. The van der Waals surface area contributed by atoms with E-state index in [4.69, 9.17) is 11.6 Å². The van der Waals surface area contributed by atoms with Crippen molar-refractivity contribution in [3.8, 4) is 0 Å². The fourth-order valence-electron chi connectivity index (χ4n) is 2.38. The van der Waals surface area contributed by atoms with Crippen molar-refractivity contribution >= 4 is 17.9 Å². The fourth-order valence-corrected chi connectivity index (χ4v) is 2.66. The number of aryl methyl sites for hydroxylation is 2. The molecule has 4 heteroatoms. The van der Waals surface area contributed by atoms with E-state index in [1.165, 1.54) is 5.56 Å². The van der Waals surface area contributed by atoms with Crippen molar-refractivity contribution in [2.45, 2.75) is 39.7 Å². The summed E-state index contributed by atoms with van der Waals surface area (Å²) in [5, 5.41) is 4.97. The molecule has 0 aliphatic carbocycles. The van der Waals surface area contributed by atoms with Gasteiger partial charge in [-0.25, -0.2) is 0 Å².